The summed E-state index contributed by atoms with van der Waals surface area (Å²) in [4.78, 5) is 25.2. The highest BCUT2D eigenvalue weighted by atomic mass is 16.2. The van der Waals surface area contributed by atoms with E-state index in [1.807, 2.05) is 54.6 Å². The molecule has 1 aliphatic carbocycles. The SMILES string of the molecule is C=CCNC(=O)[C@H]1CC=CC[C@@H]1C(=O)Nc1cccc2ccccc12. The first-order chi connectivity index (χ1) is 12.2. The molecule has 25 heavy (non-hydrogen) atoms. The molecule has 0 saturated carbocycles. The van der Waals surface area contributed by atoms with Crippen molar-refractivity contribution in [3.63, 3.8) is 0 Å². The Labute approximate surface area is 147 Å². The lowest BCUT2D eigenvalue weighted by atomic mass is 9.81. The van der Waals surface area contributed by atoms with Gasteiger partial charge < -0.3 is 10.6 Å². The maximum atomic E-state index is 12.9. The van der Waals surface area contributed by atoms with E-state index in [1.165, 1.54) is 0 Å². The predicted octanol–water partition coefficient (Wildman–Crippen LogP) is 3.66. The molecule has 0 aromatic heterocycles. The molecule has 2 N–H and O–H groups in total. The van der Waals surface area contributed by atoms with Gasteiger partial charge >= 0.3 is 0 Å². The van der Waals surface area contributed by atoms with E-state index in [4.69, 9.17) is 0 Å². The first-order valence-electron chi connectivity index (χ1n) is 8.53. The molecule has 2 atom stereocenters. The third-order valence-corrected chi connectivity index (χ3v) is 4.57. The van der Waals surface area contributed by atoms with Crippen LogP contribution in [0.15, 0.2) is 67.3 Å². The minimum atomic E-state index is -0.367. The number of fused-ring (bicyclic) bond motifs is 1. The molecule has 0 bridgehead atoms. The van der Waals surface area contributed by atoms with E-state index in [9.17, 15) is 9.59 Å². The van der Waals surface area contributed by atoms with Gasteiger partial charge in [0.25, 0.3) is 0 Å². The minimum Gasteiger partial charge on any atom is -0.352 e. The van der Waals surface area contributed by atoms with Crippen molar-refractivity contribution in [1.29, 1.82) is 0 Å². The maximum absolute atomic E-state index is 12.9. The summed E-state index contributed by atoms with van der Waals surface area (Å²) in [5, 5.41) is 7.90. The molecule has 0 heterocycles. The van der Waals surface area contributed by atoms with Crippen molar-refractivity contribution >= 4 is 28.3 Å². The zero-order chi connectivity index (χ0) is 17.6. The van der Waals surface area contributed by atoms with Crippen LogP contribution in [-0.4, -0.2) is 18.4 Å². The molecule has 0 spiro atoms. The number of hydrogen-bond acceptors (Lipinski definition) is 2. The molecule has 2 amide bonds. The summed E-state index contributed by atoms with van der Waals surface area (Å²) in [6.45, 7) is 4.02. The molecule has 4 nitrogen and oxygen atoms in total. The molecule has 3 rings (SSSR count). The lowest BCUT2D eigenvalue weighted by Crippen LogP contribution is -2.40. The summed E-state index contributed by atoms with van der Waals surface area (Å²) < 4.78 is 0. The Balaban J connectivity index is 1.79. The van der Waals surface area contributed by atoms with Crippen LogP contribution in [0.4, 0.5) is 5.69 Å². The predicted molar refractivity (Wildman–Crippen MR) is 101 cm³/mol. The van der Waals surface area contributed by atoms with E-state index in [1.54, 1.807) is 6.08 Å². The molecule has 2 aromatic rings. The van der Waals surface area contributed by atoms with Crippen molar-refractivity contribution in [3.05, 3.63) is 67.3 Å². The third-order valence-electron chi connectivity index (χ3n) is 4.57. The molecule has 0 aliphatic heterocycles. The number of anilines is 1. The Morgan fingerprint density at radius 1 is 1.00 bits per heavy atom. The average molecular weight is 334 g/mol. The fourth-order valence-corrected chi connectivity index (χ4v) is 3.26. The average Bonchev–Trinajstić information content (AvgIpc) is 2.66. The van der Waals surface area contributed by atoms with Crippen LogP contribution in [0.2, 0.25) is 0 Å². The topological polar surface area (TPSA) is 58.2 Å². The van der Waals surface area contributed by atoms with Crippen LogP contribution in [0.25, 0.3) is 10.8 Å². The van der Waals surface area contributed by atoms with Gasteiger partial charge in [0.2, 0.25) is 11.8 Å². The highest BCUT2D eigenvalue weighted by molar-refractivity contribution is 6.04. The van der Waals surface area contributed by atoms with Crippen LogP contribution >= 0.6 is 0 Å². The van der Waals surface area contributed by atoms with Gasteiger partial charge in [-0.3, -0.25) is 9.59 Å². The van der Waals surface area contributed by atoms with Gasteiger partial charge in [-0.1, -0.05) is 54.6 Å². The van der Waals surface area contributed by atoms with Gasteiger partial charge in [0.05, 0.1) is 11.8 Å². The van der Waals surface area contributed by atoms with Crippen LogP contribution in [0.1, 0.15) is 12.8 Å². The molecule has 128 valence electrons. The smallest absolute Gasteiger partial charge is 0.228 e. The van der Waals surface area contributed by atoms with Gasteiger partial charge in [-0.2, -0.15) is 0 Å². The second kappa shape index (κ2) is 7.79. The van der Waals surface area contributed by atoms with Gasteiger partial charge in [-0.25, -0.2) is 0 Å². The lowest BCUT2D eigenvalue weighted by molar-refractivity contribution is -0.132. The first-order valence-corrected chi connectivity index (χ1v) is 8.53. The number of rotatable bonds is 5. The fraction of sp³-hybridized carbons (Fsp3) is 0.238. The number of carbonyl (C=O) groups excluding carboxylic acids is 2. The summed E-state index contributed by atoms with van der Waals surface area (Å²) in [6.07, 6.45) is 6.74. The Hall–Kier alpha value is -2.88. The van der Waals surface area contributed by atoms with Crippen molar-refractivity contribution in [2.24, 2.45) is 11.8 Å². The van der Waals surface area contributed by atoms with Crippen molar-refractivity contribution in [1.82, 2.24) is 5.32 Å². The number of benzene rings is 2. The highest BCUT2D eigenvalue weighted by Gasteiger charge is 2.33. The lowest BCUT2D eigenvalue weighted by Gasteiger charge is -2.26. The quantitative estimate of drug-likeness (QED) is 0.820. The number of allylic oxidation sites excluding steroid dienone is 2. The van der Waals surface area contributed by atoms with E-state index >= 15 is 0 Å². The summed E-state index contributed by atoms with van der Waals surface area (Å²) in [5.74, 6) is -0.921. The van der Waals surface area contributed by atoms with E-state index in [0.717, 1.165) is 16.5 Å². The first kappa shape index (κ1) is 17.0. The van der Waals surface area contributed by atoms with Crippen LogP contribution in [-0.2, 0) is 9.59 Å². The zero-order valence-electron chi connectivity index (χ0n) is 14.1. The third kappa shape index (κ3) is 3.79. The number of carbonyl (C=O) groups is 2. The van der Waals surface area contributed by atoms with Crippen molar-refractivity contribution in [2.75, 3.05) is 11.9 Å². The number of hydrogen-bond donors (Lipinski definition) is 2. The molecule has 0 unspecified atom stereocenters. The number of nitrogens with one attached hydrogen (secondary N) is 2. The Morgan fingerprint density at radius 3 is 2.44 bits per heavy atom. The van der Waals surface area contributed by atoms with Crippen molar-refractivity contribution in [2.45, 2.75) is 12.8 Å². The highest BCUT2D eigenvalue weighted by Crippen LogP contribution is 2.29. The Bertz CT molecular complexity index is 820. The molecule has 0 fully saturated rings. The largest absolute Gasteiger partial charge is 0.352 e. The summed E-state index contributed by atoms with van der Waals surface area (Å²) >= 11 is 0. The molecule has 0 saturated heterocycles. The second-order valence-electron chi connectivity index (χ2n) is 6.21. The summed E-state index contributed by atoms with van der Waals surface area (Å²) in [7, 11) is 0. The van der Waals surface area contributed by atoms with E-state index in [2.05, 4.69) is 17.2 Å². The Morgan fingerprint density at radius 2 is 1.68 bits per heavy atom. The second-order valence-corrected chi connectivity index (χ2v) is 6.21. The monoisotopic (exact) mass is 334 g/mol. The molecule has 1 aliphatic rings. The van der Waals surface area contributed by atoms with E-state index in [-0.39, 0.29) is 23.7 Å². The standard InChI is InChI=1S/C21H22N2O2/c1-2-14-22-20(24)17-11-5-6-12-18(17)21(25)23-19-13-7-9-15-8-3-4-10-16(15)19/h2-10,13,17-18H,1,11-12,14H2,(H,22,24)(H,23,25)/t17-,18-/m0/s1. The molecular formula is C21H22N2O2. The maximum Gasteiger partial charge on any atom is 0.228 e. The number of amides is 2. The van der Waals surface area contributed by atoms with E-state index in [0.29, 0.717) is 19.4 Å². The summed E-state index contributed by atoms with van der Waals surface area (Å²) in [6, 6.07) is 13.8. The summed E-state index contributed by atoms with van der Waals surface area (Å²) in [5.41, 5.74) is 0.780. The molecule has 4 heteroatoms. The van der Waals surface area contributed by atoms with Crippen LogP contribution in [0, 0.1) is 11.8 Å². The van der Waals surface area contributed by atoms with Crippen LogP contribution in [0.3, 0.4) is 0 Å². The van der Waals surface area contributed by atoms with Gasteiger partial charge in [0, 0.05) is 17.6 Å². The minimum absolute atomic E-state index is 0.0951. The van der Waals surface area contributed by atoms with Crippen molar-refractivity contribution < 1.29 is 9.59 Å². The normalized spacial score (nSPS) is 19.4. The van der Waals surface area contributed by atoms with Crippen molar-refractivity contribution in [3.8, 4) is 0 Å². The fourth-order valence-electron chi connectivity index (χ4n) is 3.26. The van der Waals surface area contributed by atoms with Gasteiger partial charge in [0.15, 0.2) is 0 Å². The van der Waals surface area contributed by atoms with Crippen LogP contribution < -0.4 is 10.6 Å². The van der Waals surface area contributed by atoms with Gasteiger partial charge in [-0.05, 0) is 24.3 Å². The van der Waals surface area contributed by atoms with Gasteiger partial charge in [-0.15, -0.1) is 6.58 Å². The molecule has 2 aromatic carbocycles. The zero-order valence-corrected chi connectivity index (χ0v) is 14.1. The molecule has 0 radical (unpaired) electrons. The Kier molecular flexibility index (Phi) is 5.29. The molecular weight excluding hydrogens is 312 g/mol. The van der Waals surface area contributed by atoms with Gasteiger partial charge in [0.1, 0.15) is 0 Å². The van der Waals surface area contributed by atoms with E-state index < -0.39 is 0 Å². The van der Waals surface area contributed by atoms with Crippen LogP contribution in [0.5, 0.6) is 0 Å².